The molecule has 2 heterocycles. The maximum Gasteiger partial charge on any atom is 0.348 e. The van der Waals surface area contributed by atoms with Gasteiger partial charge in [-0.3, -0.25) is 4.79 Å². The molecule has 0 saturated carbocycles. The van der Waals surface area contributed by atoms with Gasteiger partial charge in [0.25, 0.3) is 0 Å². The van der Waals surface area contributed by atoms with E-state index < -0.39 is 0 Å². The molecule has 1 saturated heterocycles. The van der Waals surface area contributed by atoms with Gasteiger partial charge in [-0.1, -0.05) is 43.3 Å². The number of aryl methyl sites for hydroxylation is 1. The number of hydrogen-bond acceptors (Lipinski definition) is 5. The number of benzene rings is 1. The summed E-state index contributed by atoms with van der Waals surface area (Å²) >= 11 is 1.37. The molecule has 32 heavy (non-hydrogen) atoms. The van der Waals surface area contributed by atoms with E-state index in [0.29, 0.717) is 24.3 Å². The third kappa shape index (κ3) is 6.78. The number of thiophene rings is 1. The van der Waals surface area contributed by atoms with Crippen molar-refractivity contribution in [3.8, 4) is 0 Å². The fourth-order valence-corrected chi connectivity index (χ4v) is 5.02. The highest BCUT2D eigenvalue weighted by atomic mass is 32.1. The predicted molar refractivity (Wildman–Crippen MR) is 129 cm³/mol. The van der Waals surface area contributed by atoms with Gasteiger partial charge in [0.2, 0.25) is 5.91 Å². The number of likely N-dealkylation sites (tertiary alicyclic amines) is 1. The van der Waals surface area contributed by atoms with Crippen molar-refractivity contribution in [2.24, 2.45) is 5.92 Å². The molecule has 1 aromatic heterocycles. The monoisotopic (exact) mass is 455 g/mol. The average Bonchev–Trinajstić information content (AvgIpc) is 3.43. The van der Waals surface area contributed by atoms with Gasteiger partial charge >= 0.3 is 5.97 Å². The number of nitrogens with zero attached hydrogens (tertiary/aromatic N) is 1. The fraction of sp³-hybridized carbons (Fsp3) is 0.462. The van der Waals surface area contributed by atoms with Gasteiger partial charge < -0.3 is 14.7 Å². The van der Waals surface area contributed by atoms with Crippen LogP contribution < -0.4 is 0 Å². The molecular formula is C26H33NO4S. The van der Waals surface area contributed by atoms with Crippen molar-refractivity contribution in [3.05, 3.63) is 63.9 Å². The molecule has 1 N–H and O–H groups in total. The van der Waals surface area contributed by atoms with Gasteiger partial charge in [-0.15, -0.1) is 11.3 Å². The van der Waals surface area contributed by atoms with Crippen LogP contribution in [0, 0.1) is 5.92 Å². The first kappa shape index (κ1) is 24.2. The number of carbonyl (C=O) groups excluding carboxylic acids is 2. The van der Waals surface area contributed by atoms with Crippen molar-refractivity contribution in [1.29, 1.82) is 0 Å². The largest absolute Gasteiger partial charge is 0.465 e. The van der Waals surface area contributed by atoms with Gasteiger partial charge in [-0.25, -0.2) is 4.79 Å². The van der Waals surface area contributed by atoms with E-state index in [2.05, 4.69) is 19.1 Å². The molecule has 2 aromatic rings. The van der Waals surface area contributed by atoms with E-state index in [-0.39, 0.29) is 29.9 Å². The van der Waals surface area contributed by atoms with Gasteiger partial charge in [0.15, 0.2) is 0 Å². The van der Waals surface area contributed by atoms with Gasteiger partial charge in [0.05, 0.1) is 13.2 Å². The Morgan fingerprint density at radius 3 is 2.78 bits per heavy atom. The molecule has 0 aliphatic carbocycles. The first-order valence-electron chi connectivity index (χ1n) is 11.3. The molecule has 1 fully saturated rings. The molecule has 1 aliphatic heterocycles. The van der Waals surface area contributed by atoms with E-state index in [1.165, 1.54) is 24.0 Å². The van der Waals surface area contributed by atoms with E-state index >= 15 is 0 Å². The van der Waals surface area contributed by atoms with E-state index in [4.69, 9.17) is 4.74 Å². The third-order valence-electron chi connectivity index (χ3n) is 6.23. The van der Waals surface area contributed by atoms with Crippen LogP contribution in [0.4, 0.5) is 0 Å². The quantitative estimate of drug-likeness (QED) is 0.487. The van der Waals surface area contributed by atoms with Crippen molar-refractivity contribution in [1.82, 2.24) is 4.90 Å². The molecule has 3 atom stereocenters. The normalized spacial score (nSPS) is 18.3. The number of aliphatic hydroxyl groups is 1. The topological polar surface area (TPSA) is 66.8 Å². The van der Waals surface area contributed by atoms with Crippen LogP contribution in [0.15, 0.2) is 48.5 Å². The minimum Gasteiger partial charge on any atom is -0.465 e. The zero-order valence-electron chi connectivity index (χ0n) is 18.9. The fourth-order valence-electron chi connectivity index (χ4n) is 4.16. The molecule has 1 unspecified atom stereocenters. The van der Waals surface area contributed by atoms with Crippen molar-refractivity contribution in [3.63, 3.8) is 0 Å². The lowest BCUT2D eigenvalue weighted by Gasteiger charge is -2.26. The summed E-state index contributed by atoms with van der Waals surface area (Å²) in [6.07, 6.45) is 8.45. The molecule has 1 aliphatic rings. The zero-order valence-corrected chi connectivity index (χ0v) is 19.7. The summed E-state index contributed by atoms with van der Waals surface area (Å²) < 4.78 is 4.74. The molecule has 172 valence electrons. The number of hydrogen-bond donors (Lipinski definition) is 1. The van der Waals surface area contributed by atoms with E-state index in [9.17, 15) is 14.7 Å². The SMILES string of the molecule is COC(=O)c1ccc(C=CCN2C(=O)CCC2CC[C@@H](O)[C@@H](C)CCc2ccccc2)s1. The van der Waals surface area contributed by atoms with Crippen molar-refractivity contribution in [2.45, 2.75) is 57.6 Å². The minimum absolute atomic E-state index is 0.174. The van der Waals surface area contributed by atoms with Gasteiger partial charge in [0, 0.05) is 23.9 Å². The van der Waals surface area contributed by atoms with Crippen LogP contribution in [0.5, 0.6) is 0 Å². The summed E-state index contributed by atoms with van der Waals surface area (Å²) in [6.45, 7) is 2.66. The second kappa shape index (κ2) is 12.0. The van der Waals surface area contributed by atoms with Crippen molar-refractivity contribution >= 4 is 29.3 Å². The number of aliphatic hydroxyl groups excluding tert-OH is 1. The van der Waals surface area contributed by atoms with E-state index in [0.717, 1.165) is 30.6 Å². The Bertz CT molecular complexity index is 908. The van der Waals surface area contributed by atoms with Crippen LogP contribution in [0.25, 0.3) is 6.08 Å². The van der Waals surface area contributed by atoms with Crippen LogP contribution in [0.1, 0.15) is 59.1 Å². The van der Waals surface area contributed by atoms with Crippen LogP contribution in [-0.4, -0.2) is 47.7 Å². The highest BCUT2D eigenvalue weighted by Crippen LogP contribution is 2.26. The summed E-state index contributed by atoms with van der Waals surface area (Å²) in [5.74, 6) is 0.0668. The van der Waals surface area contributed by atoms with E-state index in [1.54, 1.807) is 6.07 Å². The van der Waals surface area contributed by atoms with Gasteiger partial charge in [-0.2, -0.15) is 0 Å². The van der Waals surface area contributed by atoms with Crippen LogP contribution in [0.3, 0.4) is 0 Å². The lowest BCUT2D eigenvalue weighted by Crippen LogP contribution is -2.34. The Morgan fingerprint density at radius 2 is 2.03 bits per heavy atom. The highest BCUT2D eigenvalue weighted by Gasteiger charge is 2.30. The summed E-state index contributed by atoms with van der Waals surface area (Å²) in [7, 11) is 1.37. The van der Waals surface area contributed by atoms with E-state index in [1.807, 2.05) is 41.3 Å². The average molecular weight is 456 g/mol. The first-order valence-corrected chi connectivity index (χ1v) is 12.2. The highest BCUT2D eigenvalue weighted by molar-refractivity contribution is 7.14. The number of esters is 1. The molecule has 1 amide bonds. The standard InChI is InChI=1S/C26H33NO4S/c1-19(10-11-20-7-4-3-5-8-20)23(28)15-12-21-13-17-25(29)27(21)18-6-9-22-14-16-24(32-22)26(30)31-2/h3-9,14,16,19,21,23,28H,10-13,15,17-18H2,1-2H3/t19-,21?,23+/m0/s1. The minimum atomic E-state index is -0.352. The molecule has 6 heteroatoms. The Balaban J connectivity index is 1.45. The predicted octanol–water partition coefficient (Wildman–Crippen LogP) is 4.95. The first-order chi connectivity index (χ1) is 15.5. The Morgan fingerprint density at radius 1 is 1.25 bits per heavy atom. The molecule has 0 radical (unpaired) electrons. The number of rotatable bonds is 11. The number of ether oxygens (including phenoxy) is 1. The summed E-state index contributed by atoms with van der Waals surface area (Å²) in [5.41, 5.74) is 1.30. The summed E-state index contributed by atoms with van der Waals surface area (Å²) in [6, 6.07) is 14.2. The third-order valence-corrected chi connectivity index (χ3v) is 7.26. The number of carbonyl (C=O) groups is 2. The lowest BCUT2D eigenvalue weighted by molar-refractivity contribution is -0.128. The van der Waals surface area contributed by atoms with Crippen LogP contribution in [-0.2, 0) is 16.0 Å². The van der Waals surface area contributed by atoms with Crippen LogP contribution >= 0.6 is 11.3 Å². The Labute approximate surface area is 194 Å². The van der Waals surface area contributed by atoms with Gasteiger partial charge in [0.1, 0.15) is 4.88 Å². The summed E-state index contributed by atoms with van der Waals surface area (Å²) in [4.78, 5) is 27.4. The lowest BCUT2D eigenvalue weighted by atomic mass is 9.92. The Hall–Kier alpha value is -2.44. The second-order valence-corrected chi connectivity index (χ2v) is 9.60. The number of methoxy groups -OCH3 is 1. The smallest absolute Gasteiger partial charge is 0.348 e. The molecule has 5 nitrogen and oxygen atoms in total. The molecule has 1 aromatic carbocycles. The molecule has 0 spiro atoms. The summed E-state index contributed by atoms with van der Waals surface area (Å²) in [5, 5.41) is 10.6. The molecule has 3 rings (SSSR count). The van der Waals surface area contributed by atoms with Crippen LogP contribution in [0.2, 0.25) is 0 Å². The number of amides is 1. The maximum atomic E-state index is 12.4. The van der Waals surface area contributed by atoms with Crippen molar-refractivity contribution in [2.75, 3.05) is 13.7 Å². The zero-order chi connectivity index (χ0) is 22.9. The second-order valence-electron chi connectivity index (χ2n) is 8.48. The maximum absolute atomic E-state index is 12.4. The molecular weight excluding hydrogens is 422 g/mol. The van der Waals surface area contributed by atoms with Gasteiger partial charge in [-0.05, 0) is 61.8 Å². The van der Waals surface area contributed by atoms with Crippen molar-refractivity contribution < 1.29 is 19.4 Å². The molecule has 0 bridgehead atoms. The Kier molecular flexibility index (Phi) is 9.06.